The summed E-state index contributed by atoms with van der Waals surface area (Å²) in [4.78, 5) is 0. The molecule has 0 aromatic heterocycles. The van der Waals surface area contributed by atoms with Gasteiger partial charge in [0.1, 0.15) is 0 Å². The Kier molecular flexibility index (Phi) is 4.67. The first-order valence-corrected chi connectivity index (χ1v) is 3.14. The van der Waals surface area contributed by atoms with Gasteiger partial charge in [-0.3, -0.25) is 0 Å². The predicted octanol–water partition coefficient (Wildman–Crippen LogP) is 1.55. The number of hydrogen-bond donors (Lipinski definition) is 1. The zero-order valence-corrected chi connectivity index (χ0v) is 5.72. The molecule has 0 radical (unpaired) electrons. The molecule has 48 valence electrons. The van der Waals surface area contributed by atoms with Gasteiger partial charge in [-0.15, -0.1) is 0 Å². The number of allylic oxidation sites excluding steroid dienone is 1. The van der Waals surface area contributed by atoms with Gasteiger partial charge in [-0.25, -0.2) is 0 Å². The Morgan fingerprint density at radius 2 is 2.12 bits per heavy atom. The molecule has 2 N–H and O–H groups in total. The summed E-state index contributed by atoms with van der Waals surface area (Å²) in [7, 11) is 0. The molecular weight excluding hydrogens is 98.1 g/mol. The van der Waals surface area contributed by atoms with E-state index in [0.717, 1.165) is 13.0 Å². The smallest absolute Gasteiger partial charge is 0.00426 e. The van der Waals surface area contributed by atoms with Gasteiger partial charge in [0.25, 0.3) is 0 Å². The second kappa shape index (κ2) is 4.85. The van der Waals surface area contributed by atoms with Crippen molar-refractivity contribution in [1.29, 1.82) is 0 Å². The van der Waals surface area contributed by atoms with Gasteiger partial charge in [0.05, 0.1) is 0 Å². The molecule has 0 bridgehead atoms. The lowest BCUT2D eigenvalue weighted by atomic mass is 10.2. The van der Waals surface area contributed by atoms with E-state index in [1.807, 2.05) is 0 Å². The highest BCUT2D eigenvalue weighted by molar-refractivity contribution is 4.84. The van der Waals surface area contributed by atoms with Gasteiger partial charge >= 0.3 is 0 Å². The van der Waals surface area contributed by atoms with Crippen molar-refractivity contribution in [3.8, 4) is 0 Å². The van der Waals surface area contributed by atoms with E-state index in [1.54, 1.807) is 0 Å². The number of rotatable bonds is 3. The zero-order valence-electron chi connectivity index (χ0n) is 5.72. The lowest BCUT2D eigenvalue weighted by molar-refractivity contribution is 0.822. The minimum absolute atomic E-state index is 0.668. The lowest BCUT2D eigenvalue weighted by Gasteiger charge is -1.90. The van der Waals surface area contributed by atoms with Gasteiger partial charge in [-0.05, 0) is 18.9 Å². The lowest BCUT2D eigenvalue weighted by Crippen LogP contribution is -1.95. The van der Waals surface area contributed by atoms with Crippen LogP contribution in [0.15, 0.2) is 12.2 Å². The van der Waals surface area contributed by atoms with Gasteiger partial charge < -0.3 is 5.73 Å². The van der Waals surface area contributed by atoms with E-state index in [4.69, 9.17) is 5.73 Å². The van der Waals surface area contributed by atoms with Crippen LogP contribution in [0.2, 0.25) is 0 Å². The molecule has 0 aliphatic carbocycles. The van der Waals surface area contributed by atoms with Crippen LogP contribution in [0, 0.1) is 5.92 Å². The summed E-state index contributed by atoms with van der Waals surface area (Å²) >= 11 is 0. The molecule has 0 amide bonds. The van der Waals surface area contributed by atoms with E-state index >= 15 is 0 Å². The van der Waals surface area contributed by atoms with Crippen LogP contribution in [0.25, 0.3) is 0 Å². The Bertz CT molecular complexity index is 64.8. The quantitative estimate of drug-likeness (QED) is 0.552. The molecule has 0 heterocycles. The third kappa shape index (κ3) is 5.70. The van der Waals surface area contributed by atoms with Crippen LogP contribution in [0.4, 0.5) is 0 Å². The zero-order chi connectivity index (χ0) is 6.41. The fourth-order valence-corrected chi connectivity index (χ4v) is 0.465. The molecule has 0 unspecified atom stereocenters. The molecule has 0 atom stereocenters. The molecule has 0 aromatic rings. The van der Waals surface area contributed by atoms with Crippen molar-refractivity contribution in [2.75, 3.05) is 6.54 Å². The van der Waals surface area contributed by atoms with Crippen molar-refractivity contribution in [2.24, 2.45) is 11.7 Å². The van der Waals surface area contributed by atoms with Crippen LogP contribution < -0.4 is 5.73 Å². The fraction of sp³-hybridized carbons (Fsp3) is 0.714. The molecular formula is C7H15N. The molecule has 0 rings (SSSR count). The largest absolute Gasteiger partial charge is 0.330 e. The number of nitrogens with two attached hydrogens (primary N) is 1. The van der Waals surface area contributed by atoms with Crippen LogP contribution in [0.5, 0.6) is 0 Å². The van der Waals surface area contributed by atoms with Crippen molar-refractivity contribution in [2.45, 2.75) is 20.3 Å². The normalized spacial score (nSPS) is 11.5. The van der Waals surface area contributed by atoms with Gasteiger partial charge in [-0.2, -0.15) is 0 Å². The summed E-state index contributed by atoms with van der Waals surface area (Å²) in [5.41, 5.74) is 5.26. The van der Waals surface area contributed by atoms with Crippen molar-refractivity contribution in [1.82, 2.24) is 0 Å². The maximum absolute atomic E-state index is 5.26. The third-order valence-corrected chi connectivity index (χ3v) is 0.854. The summed E-state index contributed by atoms with van der Waals surface area (Å²) in [6.45, 7) is 5.09. The molecule has 0 aromatic carbocycles. The molecule has 0 fully saturated rings. The van der Waals surface area contributed by atoms with Gasteiger partial charge in [0.2, 0.25) is 0 Å². The summed E-state index contributed by atoms with van der Waals surface area (Å²) in [6, 6.07) is 0. The van der Waals surface area contributed by atoms with Crippen LogP contribution in [0.1, 0.15) is 20.3 Å². The molecule has 0 saturated carbocycles. The van der Waals surface area contributed by atoms with Crippen LogP contribution >= 0.6 is 0 Å². The van der Waals surface area contributed by atoms with Crippen LogP contribution in [-0.2, 0) is 0 Å². The van der Waals surface area contributed by atoms with Gasteiger partial charge in [-0.1, -0.05) is 26.0 Å². The minimum atomic E-state index is 0.668. The first-order chi connectivity index (χ1) is 3.77. The Morgan fingerprint density at radius 1 is 1.50 bits per heavy atom. The molecule has 1 nitrogen and oxygen atoms in total. The maximum atomic E-state index is 5.26. The van der Waals surface area contributed by atoms with Crippen molar-refractivity contribution >= 4 is 0 Å². The molecule has 1 heteroatoms. The van der Waals surface area contributed by atoms with E-state index in [9.17, 15) is 0 Å². The third-order valence-electron chi connectivity index (χ3n) is 0.854. The first kappa shape index (κ1) is 7.70. The van der Waals surface area contributed by atoms with Crippen LogP contribution in [0.3, 0.4) is 0 Å². The monoisotopic (exact) mass is 113 g/mol. The highest BCUT2D eigenvalue weighted by Gasteiger charge is 1.80. The Morgan fingerprint density at radius 3 is 2.50 bits per heavy atom. The Labute approximate surface area is 51.6 Å². The molecule has 0 saturated heterocycles. The van der Waals surface area contributed by atoms with Crippen molar-refractivity contribution in [3.63, 3.8) is 0 Å². The highest BCUT2D eigenvalue weighted by Crippen LogP contribution is 1.93. The predicted molar refractivity (Wildman–Crippen MR) is 37.6 cm³/mol. The topological polar surface area (TPSA) is 26.0 Å². The van der Waals surface area contributed by atoms with E-state index in [-0.39, 0.29) is 0 Å². The average molecular weight is 113 g/mol. The molecule has 8 heavy (non-hydrogen) atoms. The minimum Gasteiger partial charge on any atom is -0.330 e. The Balaban J connectivity index is 3.07. The fourth-order valence-electron chi connectivity index (χ4n) is 0.465. The average Bonchev–Trinajstić information content (AvgIpc) is 1.66. The molecule has 0 aliphatic rings. The molecule has 0 aliphatic heterocycles. The van der Waals surface area contributed by atoms with E-state index in [2.05, 4.69) is 26.0 Å². The second-order valence-corrected chi connectivity index (χ2v) is 2.25. The van der Waals surface area contributed by atoms with Crippen molar-refractivity contribution < 1.29 is 0 Å². The van der Waals surface area contributed by atoms with Crippen molar-refractivity contribution in [3.05, 3.63) is 12.2 Å². The van der Waals surface area contributed by atoms with Gasteiger partial charge in [0.15, 0.2) is 0 Å². The summed E-state index contributed by atoms with van der Waals surface area (Å²) in [5, 5.41) is 0. The highest BCUT2D eigenvalue weighted by atomic mass is 14.5. The van der Waals surface area contributed by atoms with E-state index in [0.29, 0.717) is 5.92 Å². The molecule has 0 spiro atoms. The van der Waals surface area contributed by atoms with Crippen LogP contribution in [-0.4, -0.2) is 6.54 Å². The summed E-state index contributed by atoms with van der Waals surface area (Å²) in [5.74, 6) is 0.668. The second-order valence-electron chi connectivity index (χ2n) is 2.25. The SMILES string of the molecule is CC(C)/C=C/CCN. The number of hydrogen-bond acceptors (Lipinski definition) is 1. The summed E-state index contributed by atoms with van der Waals surface area (Å²) in [6.07, 6.45) is 5.32. The first-order valence-electron chi connectivity index (χ1n) is 3.14. The standard InChI is InChI=1S/C7H15N/c1-7(2)5-3-4-6-8/h3,5,7H,4,6,8H2,1-2H3/b5-3+. The Hall–Kier alpha value is -0.300. The van der Waals surface area contributed by atoms with E-state index in [1.165, 1.54) is 0 Å². The maximum Gasteiger partial charge on any atom is -0.00426 e. The summed E-state index contributed by atoms with van der Waals surface area (Å²) < 4.78 is 0. The van der Waals surface area contributed by atoms with E-state index < -0.39 is 0 Å². The van der Waals surface area contributed by atoms with Gasteiger partial charge in [0, 0.05) is 0 Å².